The van der Waals surface area contributed by atoms with Crippen molar-refractivity contribution < 1.29 is 9.60 Å². The van der Waals surface area contributed by atoms with E-state index in [-0.39, 0.29) is 16.8 Å². The number of halogens is 2. The van der Waals surface area contributed by atoms with E-state index >= 15 is 0 Å². The molecule has 0 aromatic heterocycles. The number of nitrogens with one attached hydrogen (secondary N) is 1. The van der Waals surface area contributed by atoms with Crippen LogP contribution in [0.5, 0.6) is 0 Å². The summed E-state index contributed by atoms with van der Waals surface area (Å²) in [6.07, 6.45) is 0. The highest BCUT2D eigenvalue weighted by Crippen LogP contribution is 2.24. The van der Waals surface area contributed by atoms with Gasteiger partial charge in [-0.3, -0.25) is 0 Å². The molecule has 0 bridgehead atoms. The molecule has 0 radical (unpaired) electrons. The van der Waals surface area contributed by atoms with Crippen molar-refractivity contribution in [3.63, 3.8) is 0 Å². The van der Waals surface area contributed by atoms with Crippen molar-refractivity contribution >= 4 is 23.1 Å². The highest BCUT2D eigenvalue weighted by Gasteiger charge is 2.16. The molecule has 0 amide bonds. The lowest BCUT2D eigenvalue weighted by Crippen LogP contribution is -2.28. The number of oxime groups is 1. The number of hydrogen-bond acceptors (Lipinski definition) is 3. The van der Waals surface area contributed by atoms with E-state index in [1.54, 1.807) is 6.07 Å². The number of nitrogens with two attached hydrogens (primary N) is 1. The van der Waals surface area contributed by atoms with Crippen molar-refractivity contribution in [2.24, 2.45) is 10.9 Å². The van der Waals surface area contributed by atoms with Crippen molar-refractivity contribution in [1.82, 2.24) is 0 Å². The molecule has 0 saturated heterocycles. The Labute approximate surface area is 127 Å². The maximum atomic E-state index is 13.0. The van der Waals surface area contributed by atoms with Gasteiger partial charge in [-0.1, -0.05) is 47.1 Å². The summed E-state index contributed by atoms with van der Waals surface area (Å²) in [6, 6.07) is 13.5. The second kappa shape index (κ2) is 6.95. The van der Waals surface area contributed by atoms with Gasteiger partial charge in [0.15, 0.2) is 0 Å². The minimum Gasteiger partial charge on any atom is -0.409 e. The molecule has 2 rings (SSSR count). The van der Waals surface area contributed by atoms with Crippen LogP contribution in [-0.4, -0.2) is 17.6 Å². The third kappa shape index (κ3) is 3.86. The maximum absolute atomic E-state index is 13.0. The molecule has 21 heavy (non-hydrogen) atoms. The Morgan fingerprint density at radius 3 is 2.62 bits per heavy atom. The lowest BCUT2D eigenvalue weighted by Gasteiger charge is -2.18. The summed E-state index contributed by atoms with van der Waals surface area (Å²) in [7, 11) is 0. The third-order valence-corrected chi connectivity index (χ3v) is 3.41. The van der Waals surface area contributed by atoms with Crippen LogP contribution >= 0.6 is 11.6 Å². The number of nitrogens with zero attached hydrogens (tertiary/aromatic N) is 1. The molecule has 1 atom stereocenters. The Hall–Kier alpha value is -2.27. The van der Waals surface area contributed by atoms with Gasteiger partial charge >= 0.3 is 0 Å². The first-order chi connectivity index (χ1) is 10.1. The molecule has 2 aromatic rings. The molecule has 2 aromatic carbocycles. The average Bonchev–Trinajstić information content (AvgIpc) is 2.50. The van der Waals surface area contributed by atoms with Crippen LogP contribution in [0.4, 0.5) is 10.1 Å². The van der Waals surface area contributed by atoms with Gasteiger partial charge in [-0.2, -0.15) is 0 Å². The van der Waals surface area contributed by atoms with Crippen molar-refractivity contribution in [2.75, 3.05) is 11.9 Å². The molecule has 1 unspecified atom stereocenters. The molecule has 0 fully saturated rings. The summed E-state index contributed by atoms with van der Waals surface area (Å²) in [5, 5.41) is 15.4. The number of anilines is 1. The Morgan fingerprint density at radius 1 is 1.29 bits per heavy atom. The molecular weight excluding hydrogens is 293 g/mol. The Morgan fingerprint density at radius 2 is 2.00 bits per heavy atom. The zero-order valence-electron chi connectivity index (χ0n) is 11.1. The zero-order chi connectivity index (χ0) is 15.2. The standard InChI is InChI=1S/C15H15ClFN3O/c16-13-8-11(17)6-7-14(13)19-9-12(15(18)20-21)10-4-2-1-3-5-10/h1-8,12,19,21H,9H2,(H2,18,20). The van der Waals surface area contributed by atoms with E-state index < -0.39 is 5.82 Å². The number of hydrogen-bond donors (Lipinski definition) is 3. The van der Waals surface area contributed by atoms with Gasteiger partial charge in [-0.25, -0.2) is 4.39 Å². The summed E-state index contributed by atoms with van der Waals surface area (Å²) in [4.78, 5) is 0. The first kappa shape index (κ1) is 15.1. The highest BCUT2D eigenvalue weighted by atomic mass is 35.5. The lowest BCUT2D eigenvalue weighted by atomic mass is 9.98. The van der Waals surface area contributed by atoms with Crippen LogP contribution < -0.4 is 11.1 Å². The molecule has 4 nitrogen and oxygen atoms in total. The van der Waals surface area contributed by atoms with Crippen LogP contribution in [0, 0.1) is 5.82 Å². The molecule has 0 spiro atoms. The topological polar surface area (TPSA) is 70.6 Å². The predicted molar refractivity (Wildman–Crippen MR) is 82.5 cm³/mol. The van der Waals surface area contributed by atoms with Crippen molar-refractivity contribution in [3.8, 4) is 0 Å². The van der Waals surface area contributed by atoms with Crippen LogP contribution in [0.3, 0.4) is 0 Å². The van der Waals surface area contributed by atoms with E-state index in [4.69, 9.17) is 22.5 Å². The van der Waals surface area contributed by atoms with E-state index in [2.05, 4.69) is 10.5 Å². The SMILES string of the molecule is NC(=NO)C(CNc1ccc(F)cc1Cl)c1ccccc1. The lowest BCUT2D eigenvalue weighted by molar-refractivity contribution is 0.316. The summed E-state index contributed by atoms with van der Waals surface area (Å²) in [5.74, 6) is -0.633. The fourth-order valence-electron chi connectivity index (χ4n) is 1.99. The Bertz CT molecular complexity index is 634. The molecule has 0 saturated carbocycles. The smallest absolute Gasteiger partial charge is 0.148 e. The van der Waals surface area contributed by atoms with Crippen LogP contribution in [0.1, 0.15) is 11.5 Å². The molecule has 110 valence electrons. The van der Waals surface area contributed by atoms with Gasteiger partial charge in [0, 0.05) is 6.54 Å². The van der Waals surface area contributed by atoms with Crippen molar-refractivity contribution in [1.29, 1.82) is 0 Å². The zero-order valence-corrected chi connectivity index (χ0v) is 11.9. The normalized spacial score (nSPS) is 13.0. The van der Waals surface area contributed by atoms with Crippen molar-refractivity contribution in [3.05, 3.63) is 64.9 Å². The fraction of sp³-hybridized carbons (Fsp3) is 0.133. The third-order valence-electron chi connectivity index (χ3n) is 3.10. The van der Waals surface area contributed by atoms with Gasteiger partial charge in [0.2, 0.25) is 0 Å². The molecule has 0 aliphatic rings. The van der Waals surface area contributed by atoms with E-state index in [0.717, 1.165) is 5.56 Å². The second-order valence-electron chi connectivity index (χ2n) is 4.49. The molecule has 6 heteroatoms. The Balaban J connectivity index is 2.17. The molecule has 0 aliphatic carbocycles. The van der Waals surface area contributed by atoms with Crippen LogP contribution in [-0.2, 0) is 0 Å². The number of rotatable bonds is 5. The van der Waals surface area contributed by atoms with E-state index in [9.17, 15) is 4.39 Å². The predicted octanol–water partition coefficient (Wildman–Crippen LogP) is 3.42. The van der Waals surface area contributed by atoms with E-state index in [0.29, 0.717) is 12.2 Å². The summed E-state index contributed by atoms with van der Waals surface area (Å²) >= 11 is 5.96. The van der Waals surface area contributed by atoms with Crippen LogP contribution in [0.25, 0.3) is 0 Å². The first-order valence-corrected chi connectivity index (χ1v) is 6.71. The van der Waals surface area contributed by atoms with Gasteiger partial charge in [0.1, 0.15) is 11.7 Å². The first-order valence-electron chi connectivity index (χ1n) is 6.33. The molecule has 0 heterocycles. The fourth-order valence-corrected chi connectivity index (χ4v) is 2.23. The van der Waals surface area contributed by atoms with Gasteiger partial charge in [-0.15, -0.1) is 0 Å². The average molecular weight is 308 g/mol. The van der Waals surface area contributed by atoms with E-state index in [1.807, 2.05) is 30.3 Å². The van der Waals surface area contributed by atoms with E-state index in [1.165, 1.54) is 12.1 Å². The summed E-state index contributed by atoms with van der Waals surface area (Å²) in [5.41, 5.74) is 7.23. The van der Waals surface area contributed by atoms with Gasteiger partial charge < -0.3 is 16.3 Å². The number of benzene rings is 2. The van der Waals surface area contributed by atoms with Gasteiger partial charge in [-0.05, 0) is 23.8 Å². The minimum absolute atomic E-state index is 0.0898. The van der Waals surface area contributed by atoms with Gasteiger partial charge in [0.05, 0.1) is 16.6 Å². The van der Waals surface area contributed by atoms with Crippen molar-refractivity contribution in [2.45, 2.75) is 5.92 Å². The quantitative estimate of drug-likeness (QED) is 0.343. The minimum atomic E-state index is -0.401. The number of amidine groups is 1. The maximum Gasteiger partial charge on any atom is 0.148 e. The van der Waals surface area contributed by atoms with Crippen LogP contribution in [0.15, 0.2) is 53.7 Å². The largest absolute Gasteiger partial charge is 0.409 e. The monoisotopic (exact) mass is 307 g/mol. The molecule has 4 N–H and O–H groups in total. The highest BCUT2D eigenvalue weighted by molar-refractivity contribution is 6.33. The molecule has 0 aliphatic heterocycles. The second-order valence-corrected chi connectivity index (χ2v) is 4.90. The summed E-state index contributed by atoms with van der Waals surface area (Å²) in [6.45, 7) is 0.366. The van der Waals surface area contributed by atoms with Gasteiger partial charge in [0.25, 0.3) is 0 Å². The summed E-state index contributed by atoms with van der Waals surface area (Å²) < 4.78 is 13.0. The van der Waals surface area contributed by atoms with Crippen LogP contribution in [0.2, 0.25) is 5.02 Å². The molecular formula is C15H15ClFN3O. The Kier molecular flexibility index (Phi) is 5.00.